The number of carbonyl (C=O) groups excluding carboxylic acids is 1. The summed E-state index contributed by atoms with van der Waals surface area (Å²) in [6.07, 6.45) is 1.69. The van der Waals surface area contributed by atoms with Crippen molar-refractivity contribution in [2.45, 2.75) is 97.4 Å². The van der Waals surface area contributed by atoms with Crippen molar-refractivity contribution in [2.75, 3.05) is 7.11 Å². The summed E-state index contributed by atoms with van der Waals surface area (Å²) in [7, 11) is 1.40. The standard InChI is InChI=1S/C19H28O4.6CH4/c1-6-19(4,17(22)23-5)13-15(12-18(2,3)16(20)21)14-10-8-7-9-11-14;;;;;;/h7-11,15H,6,12-13H2,1-5H3,(H,20,21);6*1H4. The van der Waals surface area contributed by atoms with Gasteiger partial charge in [0.15, 0.2) is 0 Å². The molecule has 2 unspecified atom stereocenters. The third-order valence-electron chi connectivity index (χ3n) is 4.76. The van der Waals surface area contributed by atoms with Gasteiger partial charge in [0.25, 0.3) is 0 Å². The highest BCUT2D eigenvalue weighted by Gasteiger charge is 2.39. The lowest BCUT2D eigenvalue weighted by atomic mass is 9.71. The number of benzene rings is 1. The molecule has 1 rings (SSSR count). The van der Waals surface area contributed by atoms with Gasteiger partial charge in [-0.3, -0.25) is 9.59 Å². The van der Waals surface area contributed by atoms with Gasteiger partial charge in [-0.25, -0.2) is 0 Å². The Balaban J connectivity index is -0.000000220. The fourth-order valence-electron chi connectivity index (χ4n) is 2.90. The molecular weight excluding hydrogens is 364 g/mol. The summed E-state index contributed by atoms with van der Waals surface area (Å²) < 4.78 is 4.97. The van der Waals surface area contributed by atoms with Gasteiger partial charge >= 0.3 is 11.9 Å². The summed E-state index contributed by atoms with van der Waals surface area (Å²) >= 11 is 0. The van der Waals surface area contributed by atoms with Crippen molar-refractivity contribution in [1.29, 1.82) is 0 Å². The molecule has 1 aromatic carbocycles. The minimum absolute atomic E-state index is 0. The third-order valence-corrected chi connectivity index (χ3v) is 4.76. The monoisotopic (exact) mass is 416 g/mol. The number of aliphatic carboxylic acids is 1. The van der Waals surface area contributed by atoms with Crippen LogP contribution in [0.3, 0.4) is 0 Å². The lowest BCUT2D eigenvalue weighted by Gasteiger charge is -2.33. The topological polar surface area (TPSA) is 63.6 Å². The van der Waals surface area contributed by atoms with E-state index in [1.54, 1.807) is 13.8 Å². The molecular formula is C25H52O4. The van der Waals surface area contributed by atoms with E-state index >= 15 is 0 Å². The highest BCUT2D eigenvalue weighted by molar-refractivity contribution is 5.76. The first-order chi connectivity index (χ1) is 10.7. The Morgan fingerprint density at radius 1 is 0.931 bits per heavy atom. The van der Waals surface area contributed by atoms with Crippen molar-refractivity contribution in [3.63, 3.8) is 0 Å². The molecule has 1 aromatic rings. The van der Waals surface area contributed by atoms with E-state index in [9.17, 15) is 14.7 Å². The van der Waals surface area contributed by atoms with Gasteiger partial charge in [0, 0.05) is 0 Å². The molecule has 0 aliphatic heterocycles. The van der Waals surface area contributed by atoms with Crippen molar-refractivity contribution in [2.24, 2.45) is 10.8 Å². The van der Waals surface area contributed by atoms with Crippen molar-refractivity contribution >= 4 is 11.9 Å². The summed E-state index contributed by atoms with van der Waals surface area (Å²) in [6, 6.07) is 9.81. The summed E-state index contributed by atoms with van der Waals surface area (Å²) in [5.74, 6) is -1.09. The molecule has 0 amide bonds. The number of carboxylic acid groups (broad SMARTS) is 1. The molecule has 0 aliphatic carbocycles. The number of carboxylic acids is 1. The quantitative estimate of drug-likeness (QED) is 0.435. The first-order valence-electron chi connectivity index (χ1n) is 8.03. The molecule has 0 aliphatic rings. The van der Waals surface area contributed by atoms with E-state index in [0.29, 0.717) is 19.3 Å². The largest absolute Gasteiger partial charge is 0.481 e. The van der Waals surface area contributed by atoms with E-state index in [1.165, 1.54) is 7.11 Å². The van der Waals surface area contributed by atoms with Gasteiger partial charge in [0.2, 0.25) is 0 Å². The third kappa shape index (κ3) is 11.1. The molecule has 1 N–H and O–H groups in total. The molecule has 0 radical (unpaired) electrons. The lowest BCUT2D eigenvalue weighted by Crippen LogP contribution is -2.33. The van der Waals surface area contributed by atoms with Crippen LogP contribution in [0.5, 0.6) is 0 Å². The first-order valence-corrected chi connectivity index (χ1v) is 8.03. The Kier molecular flexibility index (Phi) is 24.4. The van der Waals surface area contributed by atoms with E-state index < -0.39 is 16.8 Å². The smallest absolute Gasteiger partial charge is 0.311 e. The van der Waals surface area contributed by atoms with E-state index in [0.717, 1.165) is 5.56 Å². The fraction of sp³-hybridized carbons (Fsp3) is 0.680. The highest BCUT2D eigenvalue weighted by Crippen LogP contribution is 2.41. The molecule has 0 heterocycles. The normalized spacial score (nSPS) is 12.3. The summed E-state index contributed by atoms with van der Waals surface area (Å²) in [4.78, 5) is 23.7. The molecule has 0 spiro atoms. The van der Waals surface area contributed by atoms with Crippen LogP contribution in [0.2, 0.25) is 0 Å². The van der Waals surface area contributed by atoms with E-state index in [-0.39, 0.29) is 56.4 Å². The van der Waals surface area contributed by atoms with Gasteiger partial charge in [0.05, 0.1) is 17.9 Å². The SMILES string of the molecule is C.C.C.C.C.C.CCC(C)(CC(CC(C)(C)C(=O)O)c1ccccc1)C(=O)OC. The summed E-state index contributed by atoms with van der Waals surface area (Å²) in [5, 5.41) is 9.46. The van der Waals surface area contributed by atoms with Gasteiger partial charge < -0.3 is 9.84 Å². The van der Waals surface area contributed by atoms with Crippen LogP contribution in [0.25, 0.3) is 0 Å². The average Bonchev–Trinajstić information content (AvgIpc) is 2.53. The van der Waals surface area contributed by atoms with Crippen molar-refractivity contribution in [1.82, 2.24) is 0 Å². The summed E-state index contributed by atoms with van der Waals surface area (Å²) in [5.41, 5.74) is -0.417. The summed E-state index contributed by atoms with van der Waals surface area (Å²) in [6.45, 7) is 7.31. The van der Waals surface area contributed by atoms with Crippen LogP contribution < -0.4 is 0 Å². The molecule has 176 valence electrons. The minimum atomic E-state index is -0.856. The second-order valence-electron chi connectivity index (χ2n) is 7.11. The van der Waals surface area contributed by atoms with Crippen LogP contribution in [0.1, 0.15) is 103 Å². The Labute approximate surface area is 183 Å². The molecule has 29 heavy (non-hydrogen) atoms. The van der Waals surface area contributed by atoms with Gasteiger partial charge in [-0.05, 0) is 51.5 Å². The van der Waals surface area contributed by atoms with E-state index in [1.807, 2.05) is 44.2 Å². The molecule has 0 fully saturated rings. The first kappa shape index (κ1) is 41.5. The van der Waals surface area contributed by atoms with Crippen LogP contribution >= 0.6 is 0 Å². The number of esters is 1. The second kappa shape index (κ2) is 17.1. The zero-order valence-electron chi connectivity index (χ0n) is 14.8. The van der Waals surface area contributed by atoms with Crippen LogP contribution in [0, 0.1) is 10.8 Å². The minimum Gasteiger partial charge on any atom is -0.481 e. The molecule has 0 bridgehead atoms. The van der Waals surface area contributed by atoms with E-state index in [2.05, 4.69) is 0 Å². The Hall–Kier alpha value is -1.84. The molecule has 0 saturated carbocycles. The average molecular weight is 417 g/mol. The van der Waals surface area contributed by atoms with Gasteiger partial charge in [-0.2, -0.15) is 0 Å². The maximum atomic E-state index is 12.2. The van der Waals surface area contributed by atoms with Crippen LogP contribution in [-0.4, -0.2) is 24.2 Å². The zero-order chi connectivity index (χ0) is 17.7. The van der Waals surface area contributed by atoms with Gasteiger partial charge in [0.1, 0.15) is 0 Å². The predicted octanol–water partition coefficient (Wildman–Crippen LogP) is 8.07. The van der Waals surface area contributed by atoms with Crippen molar-refractivity contribution in [3.05, 3.63) is 35.9 Å². The maximum Gasteiger partial charge on any atom is 0.311 e. The number of carbonyl (C=O) groups is 2. The molecule has 0 saturated heterocycles. The van der Waals surface area contributed by atoms with Gasteiger partial charge in [-0.15, -0.1) is 0 Å². The zero-order valence-corrected chi connectivity index (χ0v) is 14.8. The van der Waals surface area contributed by atoms with Crippen LogP contribution in [0.4, 0.5) is 0 Å². The number of hydrogen-bond donors (Lipinski definition) is 1. The Morgan fingerprint density at radius 3 is 1.72 bits per heavy atom. The molecule has 4 nitrogen and oxygen atoms in total. The number of methoxy groups -OCH3 is 1. The molecule has 0 aromatic heterocycles. The number of hydrogen-bond acceptors (Lipinski definition) is 3. The number of ether oxygens (including phenoxy) is 1. The Bertz CT molecular complexity index is 537. The second-order valence-corrected chi connectivity index (χ2v) is 7.11. The molecule has 4 heteroatoms. The van der Waals surface area contributed by atoms with Gasteiger partial charge in [-0.1, -0.05) is 81.8 Å². The number of rotatable bonds is 8. The Morgan fingerprint density at radius 2 is 1.38 bits per heavy atom. The maximum absolute atomic E-state index is 12.2. The molecule has 2 atom stereocenters. The van der Waals surface area contributed by atoms with Crippen LogP contribution in [0.15, 0.2) is 30.3 Å². The predicted molar refractivity (Wildman–Crippen MR) is 131 cm³/mol. The highest BCUT2D eigenvalue weighted by atomic mass is 16.5. The fourth-order valence-corrected chi connectivity index (χ4v) is 2.90. The lowest BCUT2D eigenvalue weighted by molar-refractivity contribution is -0.153. The van der Waals surface area contributed by atoms with Crippen molar-refractivity contribution in [3.8, 4) is 0 Å². The van der Waals surface area contributed by atoms with E-state index in [4.69, 9.17) is 4.74 Å². The van der Waals surface area contributed by atoms with Crippen LogP contribution in [-0.2, 0) is 14.3 Å². The van der Waals surface area contributed by atoms with Crippen molar-refractivity contribution < 1.29 is 19.4 Å².